The predicted octanol–water partition coefficient (Wildman–Crippen LogP) is 6.07. The average Bonchev–Trinajstić information content (AvgIpc) is 2.77. The zero-order valence-corrected chi connectivity index (χ0v) is 18.7. The van der Waals surface area contributed by atoms with Crippen LogP contribution in [-0.4, -0.2) is 24.5 Å². The maximum absolute atomic E-state index is 13.0. The summed E-state index contributed by atoms with van der Waals surface area (Å²) in [6.07, 6.45) is -0.811. The molecule has 1 N–H and O–H groups in total. The first-order valence-electron chi connectivity index (χ1n) is 9.78. The largest absolute Gasteiger partial charge is 0.479 e. The van der Waals surface area contributed by atoms with Crippen molar-refractivity contribution in [1.29, 1.82) is 0 Å². The summed E-state index contributed by atoms with van der Waals surface area (Å²) in [5, 5.41) is 3.58. The molecule has 0 aliphatic heterocycles. The van der Waals surface area contributed by atoms with E-state index in [4.69, 9.17) is 27.9 Å². The average molecular weight is 457 g/mol. The number of carbonyl (C=O) groups excluding carboxylic acids is 2. The lowest BCUT2D eigenvalue weighted by Gasteiger charge is -2.21. The van der Waals surface area contributed by atoms with Gasteiger partial charge in [-0.3, -0.25) is 9.59 Å². The molecule has 0 saturated carbocycles. The first kappa shape index (κ1) is 22.7. The Kier molecular flexibility index (Phi) is 7.55. The monoisotopic (exact) mass is 456 g/mol. The number of carbonyl (C=O) groups is 2. The van der Waals surface area contributed by atoms with Gasteiger partial charge in [0.05, 0.1) is 5.02 Å². The van der Waals surface area contributed by atoms with Crippen LogP contribution in [0.5, 0.6) is 5.75 Å². The minimum Gasteiger partial charge on any atom is -0.479 e. The van der Waals surface area contributed by atoms with E-state index in [2.05, 4.69) is 5.32 Å². The van der Waals surface area contributed by atoms with Crippen LogP contribution in [0.15, 0.2) is 72.8 Å². The van der Waals surface area contributed by atoms with Crippen LogP contribution in [0.1, 0.15) is 24.2 Å². The number of halogens is 2. The number of rotatable bonds is 7. The van der Waals surface area contributed by atoms with Crippen LogP contribution in [0, 0.1) is 0 Å². The third kappa shape index (κ3) is 5.78. The molecule has 0 spiro atoms. The maximum atomic E-state index is 13.0. The number of nitrogens with zero attached hydrogens (tertiary/aromatic N) is 1. The molecule has 3 aromatic rings. The topological polar surface area (TPSA) is 58.6 Å². The zero-order valence-electron chi connectivity index (χ0n) is 17.1. The van der Waals surface area contributed by atoms with E-state index in [0.29, 0.717) is 33.6 Å². The van der Waals surface area contributed by atoms with Crippen molar-refractivity contribution in [2.75, 3.05) is 16.8 Å². The van der Waals surface area contributed by atoms with Crippen LogP contribution in [0.25, 0.3) is 0 Å². The van der Waals surface area contributed by atoms with Crippen LogP contribution < -0.4 is 15.0 Å². The molecule has 3 rings (SSSR count). The fourth-order valence-corrected chi connectivity index (χ4v) is 3.45. The molecule has 3 aromatic carbocycles. The van der Waals surface area contributed by atoms with E-state index < -0.39 is 6.10 Å². The Hall–Kier alpha value is -3.02. The van der Waals surface area contributed by atoms with Crippen molar-refractivity contribution in [3.05, 3.63) is 88.4 Å². The summed E-state index contributed by atoms with van der Waals surface area (Å²) in [5.74, 6) is -0.160. The molecule has 5 nitrogen and oxygen atoms in total. The van der Waals surface area contributed by atoms with Gasteiger partial charge in [0.25, 0.3) is 11.8 Å². The van der Waals surface area contributed by atoms with Crippen LogP contribution in [0.3, 0.4) is 0 Å². The van der Waals surface area contributed by atoms with Gasteiger partial charge in [-0.1, -0.05) is 47.5 Å². The van der Waals surface area contributed by atoms with Gasteiger partial charge in [0.2, 0.25) is 0 Å². The van der Waals surface area contributed by atoms with Gasteiger partial charge in [0.15, 0.2) is 6.10 Å². The molecule has 31 heavy (non-hydrogen) atoms. The summed E-state index contributed by atoms with van der Waals surface area (Å²) in [7, 11) is 0. The first-order valence-corrected chi connectivity index (χ1v) is 10.5. The van der Waals surface area contributed by atoms with E-state index >= 15 is 0 Å². The number of amides is 2. The Morgan fingerprint density at radius 1 is 1.00 bits per heavy atom. The second kappa shape index (κ2) is 10.3. The van der Waals surface area contributed by atoms with Gasteiger partial charge in [-0.2, -0.15) is 0 Å². The number of hydrogen-bond donors (Lipinski definition) is 1. The molecule has 1 unspecified atom stereocenters. The second-order valence-electron chi connectivity index (χ2n) is 6.79. The molecule has 1 atom stereocenters. The predicted molar refractivity (Wildman–Crippen MR) is 125 cm³/mol. The maximum Gasteiger partial charge on any atom is 0.265 e. The standard InChI is InChI=1S/C24H22Cl2N2O3/c1-3-28(20-10-5-4-6-11-20)24(30)17-8-7-9-19(14-17)27-23(29)16(2)31-22-13-12-18(25)15-21(22)26/h4-16H,3H2,1-2H3,(H,27,29). The Labute approximate surface area is 191 Å². The number of benzene rings is 3. The molecule has 0 radical (unpaired) electrons. The van der Waals surface area contributed by atoms with Crippen LogP contribution in [0.2, 0.25) is 10.0 Å². The van der Waals surface area contributed by atoms with Crippen molar-refractivity contribution in [3.8, 4) is 5.75 Å². The number of anilines is 2. The fraction of sp³-hybridized carbons (Fsp3) is 0.167. The van der Waals surface area contributed by atoms with Crippen molar-refractivity contribution >= 4 is 46.4 Å². The quantitative estimate of drug-likeness (QED) is 0.469. The van der Waals surface area contributed by atoms with Crippen LogP contribution >= 0.6 is 23.2 Å². The van der Waals surface area contributed by atoms with Crippen LogP contribution in [-0.2, 0) is 4.79 Å². The Balaban J connectivity index is 1.70. The Morgan fingerprint density at radius 2 is 1.74 bits per heavy atom. The molecule has 0 heterocycles. The molecule has 7 heteroatoms. The molecule has 0 saturated heterocycles. The summed E-state index contributed by atoms with van der Waals surface area (Å²) < 4.78 is 5.65. The van der Waals surface area contributed by atoms with Crippen molar-refractivity contribution < 1.29 is 14.3 Å². The van der Waals surface area contributed by atoms with Gasteiger partial charge in [0.1, 0.15) is 5.75 Å². The number of hydrogen-bond acceptors (Lipinski definition) is 3. The molecule has 0 aliphatic rings. The van der Waals surface area contributed by atoms with Crippen LogP contribution in [0.4, 0.5) is 11.4 Å². The van der Waals surface area contributed by atoms with E-state index in [-0.39, 0.29) is 11.8 Å². The summed E-state index contributed by atoms with van der Waals surface area (Å²) in [5.41, 5.74) is 1.78. The van der Waals surface area contributed by atoms with Crippen molar-refractivity contribution in [1.82, 2.24) is 0 Å². The molecular weight excluding hydrogens is 435 g/mol. The highest BCUT2D eigenvalue weighted by atomic mass is 35.5. The van der Waals surface area contributed by atoms with Gasteiger partial charge in [0, 0.05) is 28.5 Å². The third-order valence-electron chi connectivity index (χ3n) is 4.57. The first-order chi connectivity index (χ1) is 14.9. The molecule has 0 aromatic heterocycles. The highest BCUT2D eigenvalue weighted by molar-refractivity contribution is 6.35. The summed E-state index contributed by atoms with van der Waals surface area (Å²) in [6.45, 7) is 4.05. The SMILES string of the molecule is CCN(C(=O)c1cccc(NC(=O)C(C)Oc2ccc(Cl)cc2Cl)c1)c1ccccc1. The van der Waals surface area contributed by atoms with E-state index in [0.717, 1.165) is 5.69 Å². The van der Waals surface area contributed by atoms with E-state index in [1.165, 1.54) is 0 Å². The molecule has 0 bridgehead atoms. The number of nitrogens with one attached hydrogen (secondary N) is 1. The van der Waals surface area contributed by atoms with Crippen molar-refractivity contribution in [2.45, 2.75) is 20.0 Å². The molecule has 160 valence electrons. The number of para-hydroxylation sites is 1. The lowest BCUT2D eigenvalue weighted by Crippen LogP contribution is -2.31. The lowest BCUT2D eigenvalue weighted by atomic mass is 10.1. The lowest BCUT2D eigenvalue weighted by molar-refractivity contribution is -0.122. The molecule has 0 aliphatic carbocycles. The van der Waals surface area contributed by atoms with Gasteiger partial charge >= 0.3 is 0 Å². The molecular formula is C24H22Cl2N2O3. The highest BCUT2D eigenvalue weighted by Crippen LogP contribution is 2.28. The Bertz CT molecular complexity index is 1070. The fourth-order valence-electron chi connectivity index (χ4n) is 3.00. The smallest absolute Gasteiger partial charge is 0.265 e. The molecule has 0 fully saturated rings. The summed E-state index contributed by atoms with van der Waals surface area (Å²) >= 11 is 12.0. The van der Waals surface area contributed by atoms with E-state index in [1.54, 1.807) is 54.3 Å². The minimum atomic E-state index is -0.811. The van der Waals surface area contributed by atoms with Gasteiger partial charge in [-0.25, -0.2) is 0 Å². The number of ether oxygens (including phenoxy) is 1. The van der Waals surface area contributed by atoms with Gasteiger partial charge in [-0.05, 0) is 62.4 Å². The molecule has 2 amide bonds. The van der Waals surface area contributed by atoms with Gasteiger partial charge in [-0.15, -0.1) is 0 Å². The third-order valence-corrected chi connectivity index (χ3v) is 5.10. The highest BCUT2D eigenvalue weighted by Gasteiger charge is 2.19. The van der Waals surface area contributed by atoms with E-state index in [1.807, 2.05) is 37.3 Å². The van der Waals surface area contributed by atoms with Gasteiger partial charge < -0.3 is 15.0 Å². The zero-order chi connectivity index (χ0) is 22.4. The second-order valence-corrected chi connectivity index (χ2v) is 7.63. The van der Waals surface area contributed by atoms with Crippen molar-refractivity contribution in [2.24, 2.45) is 0 Å². The Morgan fingerprint density at radius 3 is 2.42 bits per heavy atom. The van der Waals surface area contributed by atoms with E-state index in [9.17, 15) is 9.59 Å². The minimum absolute atomic E-state index is 0.151. The summed E-state index contributed by atoms with van der Waals surface area (Å²) in [6, 6.07) is 21.0. The summed E-state index contributed by atoms with van der Waals surface area (Å²) in [4.78, 5) is 27.3. The van der Waals surface area contributed by atoms with Crippen molar-refractivity contribution in [3.63, 3.8) is 0 Å². The normalized spacial score (nSPS) is 11.5.